The zero-order valence-corrected chi connectivity index (χ0v) is 12.4. The summed E-state index contributed by atoms with van der Waals surface area (Å²) in [6, 6.07) is 0. The van der Waals surface area contributed by atoms with Gasteiger partial charge in [-0.3, -0.25) is 4.79 Å². The van der Waals surface area contributed by atoms with Crippen molar-refractivity contribution in [2.24, 2.45) is 16.7 Å². The van der Waals surface area contributed by atoms with Crippen molar-refractivity contribution in [3.05, 3.63) is 12.7 Å². The third kappa shape index (κ3) is 3.77. The largest absolute Gasteiger partial charge is 0.380 e. The molecule has 0 aromatic rings. The molecule has 2 unspecified atom stereocenters. The highest BCUT2D eigenvalue weighted by atomic mass is 16.5. The number of carbonyl (C=O) groups excluding carboxylic acids is 2. The lowest BCUT2D eigenvalue weighted by Crippen LogP contribution is -2.44. The maximum Gasteiger partial charge on any atom is 0.150 e. The molecule has 3 heteroatoms. The molecule has 0 bridgehead atoms. The van der Waals surface area contributed by atoms with Crippen LogP contribution >= 0.6 is 0 Å². The van der Waals surface area contributed by atoms with E-state index in [9.17, 15) is 9.59 Å². The Bertz CT molecular complexity index is 316. The van der Waals surface area contributed by atoms with Crippen LogP contribution in [0.3, 0.4) is 0 Å². The van der Waals surface area contributed by atoms with Gasteiger partial charge in [-0.25, -0.2) is 0 Å². The van der Waals surface area contributed by atoms with Crippen LogP contribution in [0.4, 0.5) is 0 Å². The van der Waals surface area contributed by atoms with Gasteiger partial charge in [-0.1, -0.05) is 26.8 Å². The van der Waals surface area contributed by atoms with Crippen LogP contribution in [0.15, 0.2) is 12.7 Å². The van der Waals surface area contributed by atoms with Gasteiger partial charge in [-0.15, -0.1) is 6.58 Å². The van der Waals surface area contributed by atoms with Crippen LogP contribution in [0.1, 0.15) is 41.0 Å². The number of ether oxygens (including phenoxy) is 1. The van der Waals surface area contributed by atoms with Gasteiger partial charge in [0.25, 0.3) is 0 Å². The normalized spacial score (nSPS) is 15.9. The minimum absolute atomic E-state index is 0.0820. The van der Waals surface area contributed by atoms with E-state index in [1.54, 1.807) is 21.0 Å². The predicted octanol–water partition coefficient (Wildman–Crippen LogP) is 3.03. The van der Waals surface area contributed by atoms with Gasteiger partial charge in [-0.2, -0.15) is 0 Å². The second-order valence-corrected chi connectivity index (χ2v) is 6.13. The van der Waals surface area contributed by atoms with E-state index in [2.05, 4.69) is 6.58 Å². The molecule has 18 heavy (non-hydrogen) atoms. The van der Waals surface area contributed by atoms with Crippen molar-refractivity contribution in [3.63, 3.8) is 0 Å². The Balaban J connectivity index is 5.14. The third-order valence-corrected chi connectivity index (χ3v) is 3.49. The van der Waals surface area contributed by atoms with E-state index in [1.165, 1.54) is 0 Å². The van der Waals surface area contributed by atoms with E-state index < -0.39 is 5.41 Å². The summed E-state index contributed by atoms with van der Waals surface area (Å²) in [5, 5.41) is 0. The average molecular weight is 254 g/mol. The molecule has 0 amide bonds. The van der Waals surface area contributed by atoms with Gasteiger partial charge in [0.05, 0.1) is 11.5 Å². The Morgan fingerprint density at radius 3 is 2.17 bits per heavy atom. The van der Waals surface area contributed by atoms with Crippen LogP contribution < -0.4 is 0 Å². The number of rotatable bonds is 8. The van der Waals surface area contributed by atoms with Gasteiger partial charge in [0, 0.05) is 13.0 Å². The first kappa shape index (κ1) is 17.0. The number of ketones is 1. The molecule has 0 heterocycles. The Hall–Kier alpha value is -0.960. The number of aldehydes is 1. The highest BCUT2D eigenvalue weighted by molar-refractivity contribution is 5.98. The highest BCUT2D eigenvalue weighted by Gasteiger charge is 2.41. The molecule has 3 nitrogen and oxygen atoms in total. The number of methoxy groups -OCH3 is 1. The zero-order valence-electron chi connectivity index (χ0n) is 12.4. The fourth-order valence-corrected chi connectivity index (χ4v) is 2.47. The molecular formula is C15H26O3. The fraction of sp³-hybridized carbons (Fsp3) is 0.733. The lowest BCUT2D eigenvalue weighted by Gasteiger charge is -2.37. The third-order valence-electron chi connectivity index (χ3n) is 3.49. The highest BCUT2D eigenvalue weighted by Crippen LogP contribution is 2.35. The van der Waals surface area contributed by atoms with Crippen LogP contribution in [-0.4, -0.2) is 25.3 Å². The summed E-state index contributed by atoms with van der Waals surface area (Å²) in [6.45, 7) is 12.9. The first-order chi connectivity index (χ1) is 8.14. The molecule has 0 N–H and O–H groups in total. The molecule has 0 saturated carbocycles. The number of Topliss-reactive ketones (excluding diaryl/α,β-unsaturated/α-hetero) is 1. The summed E-state index contributed by atoms with van der Waals surface area (Å²) in [5.41, 5.74) is -1.15. The van der Waals surface area contributed by atoms with E-state index in [0.29, 0.717) is 6.29 Å². The number of hydrogen-bond donors (Lipinski definition) is 0. The van der Waals surface area contributed by atoms with Crippen molar-refractivity contribution in [2.45, 2.75) is 47.1 Å². The molecule has 0 spiro atoms. The molecule has 0 fully saturated rings. The van der Waals surface area contributed by atoms with Crippen molar-refractivity contribution in [1.82, 2.24) is 0 Å². The van der Waals surface area contributed by atoms with Gasteiger partial charge in [0.15, 0.2) is 5.78 Å². The monoisotopic (exact) mass is 254 g/mol. The number of allylic oxidation sites excluding steroid dienone is 1. The molecule has 0 aliphatic heterocycles. The molecule has 2 atom stereocenters. The van der Waals surface area contributed by atoms with Crippen LogP contribution in [-0.2, 0) is 14.3 Å². The minimum atomic E-state index is -0.958. The topological polar surface area (TPSA) is 43.4 Å². The first-order valence-electron chi connectivity index (χ1n) is 6.28. The lowest BCUT2D eigenvalue weighted by atomic mass is 9.72. The van der Waals surface area contributed by atoms with Gasteiger partial charge in [0.1, 0.15) is 6.29 Å². The van der Waals surface area contributed by atoms with Crippen LogP contribution in [0, 0.1) is 16.7 Å². The molecule has 0 rings (SSSR count). The molecule has 0 aliphatic carbocycles. The summed E-state index contributed by atoms with van der Waals surface area (Å²) in [4.78, 5) is 23.3. The van der Waals surface area contributed by atoms with E-state index >= 15 is 0 Å². The quantitative estimate of drug-likeness (QED) is 0.380. The standard InChI is InChI=1S/C15H26O3/c1-8-9-14(3,4)13(18-7)11(2)12(17)15(5,6)10-16/h8,10-11,13H,1,9H2,2-7H3. The summed E-state index contributed by atoms with van der Waals surface area (Å²) in [6.07, 6.45) is 3.06. The molecule has 0 aliphatic rings. The minimum Gasteiger partial charge on any atom is -0.380 e. The summed E-state index contributed by atoms with van der Waals surface area (Å²) in [7, 11) is 1.60. The lowest BCUT2D eigenvalue weighted by molar-refractivity contribution is -0.142. The van der Waals surface area contributed by atoms with Crippen LogP contribution in [0.2, 0.25) is 0 Å². The SMILES string of the molecule is C=CCC(C)(C)C(OC)C(C)C(=O)C(C)(C)C=O. The van der Waals surface area contributed by atoms with Crippen molar-refractivity contribution < 1.29 is 14.3 Å². The predicted molar refractivity (Wildman–Crippen MR) is 73.4 cm³/mol. The molecule has 0 aromatic heterocycles. The maximum absolute atomic E-state index is 12.3. The molecule has 0 saturated heterocycles. The van der Waals surface area contributed by atoms with Gasteiger partial charge >= 0.3 is 0 Å². The summed E-state index contributed by atoms with van der Waals surface area (Å²) < 4.78 is 5.51. The van der Waals surface area contributed by atoms with E-state index in [4.69, 9.17) is 4.74 Å². The second kappa shape index (κ2) is 6.28. The van der Waals surface area contributed by atoms with Crippen LogP contribution in [0.5, 0.6) is 0 Å². The van der Waals surface area contributed by atoms with Gasteiger partial charge < -0.3 is 9.53 Å². The Labute approximate surface area is 111 Å². The second-order valence-electron chi connectivity index (χ2n) is 6.13. The summed E-state index contributed by atoms with van der Waals surface area (Å²) >= 11 is 0. The van der Waals surface area contributed by atoms with Crippen molar-refractivity contribution >= 4 is 12.1 Å². The Kier molecular flexibility index (Phi) is 5.94. The van der Waals surface area contributed by atoms with Crippen LogP contribution in [0.25, 0.3) is 0 Å². The van der Waals surface area contributed by atoms with E-state index in [0.717, 1.165) is 6.42 Å². The van der Waals surface area contributed by atoms with E-state index in [-0.39, 0.29) is 23.2 Å². The van der Waals surface area contributed by atoms with Crippen molar-refractivity contribution in [1.29, 1.82) is 0 Å². The Morgan fingerprint density at radius 2 is 1.83 bits per heavy atom. The van der Waals surface area contributed by atoms with Crippen molar-refractivity contribution in [3.8, 4) is 0 Å². The zero-order chi connectivity index (χ0) is 14.6. The van der Waals surface area contributed by atoms with Gasteiger partial charge in [-0.05, 0) is 25.7 Å². The smallest absolute Gasteiger partial charge is 0.150 e. The number of carbonyl (C=O) groups is 2. The summed E-state index contributed by atoms with van der Waals surface area (Å²) in [5.74, 6) is -0.411. The molecule has 104 valence electrons. The Morgan fingerprint density at radius 1 is 1.33 bits per heavy atom. The average Bonchev–Trinajstić information content (AvgIpc) is 2.28. The number of hydrogen-bond acceptors (Lipinski definition) is 3. The molecular weight excluding hydrogens is 228 g/mol. The van der Waals surface area contributed by atoms with Crippen molar-refractivity contribution in [2.75, 3.05) is 7.11 Å². The molecule has 0 aromatic carbocycles. The van der Waals surface area contributed by atoms with Gasteiger partial charge in [0.2, 0.25) is 0 Å². The fourth-order valence-electron chi connectivity index (χ4n) is 2.47. The maximum atomic E-state index is 12.3. The molecule has 0 radical (unpaired) electrons. The first-order valence-corrected chi connectivity index (χ1v) is 6.28. The van der Waals surface area contributed by atoms with E-state index in [1.807, 2.05) is 26.8 Å².